The highest BCUT2D eigenvalue weighted by atomic mass is 79.9. The largest absolute Gasteiger partial charge is 0.325 e. The van der Waals surface area contributed by atoms with Crippen LogP contribution in [0.3, 0.4) is 0 Å². The highest BCUT2D eigenvalue weighted by Gasteiger charge is 2.38. The van der Waals surface area contributed by atoms with E-state index in [2.05, 4.69) is 22.9 Å². The molecule has 1 saturated carbocycles. The Kier molecular flexibility index (Phi) is 2.86. The monoisotopic (exact) mass is 271 g/mol. The second kappa shape index (κ2) is 3.87. The smallest absolute Gasteiger partial charge is 0.140 e. The zero-order valence-electron chi connectivity index (χ0n) is 8.82. The minimum absolute atomic E-state index is 0.132. The van der Waals surface area contributed by atoms with Gasteiger partial charge in [0.1, 0.15) is 5.82 Å². The van der Waals surface area contributed by atoms with Crippen LogP contribution in [-0.2, 0) is 12.8 Å². The van der Waals surface area contributed by atoms with Gasteiger partial charge in [0, 0.05) is 5.54 Å². The summed E-state index contributed by atoms with van der Waals surface area (Å²) in [5.41, 5.74) is 7.78. The van der Waals surface area contributed by atoms with Gasteiger partial charge in [-0.1, -0.05) is 13.0 Å². The number of rotatable bonds is 3. The Bertz CT molecular complexity index is 385. The molecule has 0 aromatic heterocycles. The van der Waals surface area contributed by atoms with Gasteiger partial charge in [0.05, 0.1) is 4.47 Å². The van der Waals surface area contributed by atoms with Crippen molar-refractivity contribution in [2.24, 2.45) is 5.73 Å². The third-order valence-corrected chi connectivity index (χ3v) is 3.58. The van der Waals surface area contributed by atoms with E-state index in [-0.39, 0.29) is 11.4 Å². The Balaban J connectivity index is 2.31. The maximum atomic E-state index is 13.8. The molecule has 0 amide bonds. The number of nitrogens with two attached hydrogens (primary N) is 1. The minimum Gasteiger partial charge on any atom is -0.325 e. The van der Waals surface area contributed by atoms with Crippen molar-refractivity contribution in [2.75, 3.05) is 0 Å². The first kappa shape index (κ1) is 11.1. The minimum atomic E-state index is -0.149. The number of halogens is 2. The lowest BCUT2D eigenvalue weighted by molar-refractivity contribution is 0.576. The Morgan fingerprint density at radius 1 is 1.47 bits per heavy atom. The fourth-order valence-electron chi connectivity index (χ4n) is 1.76. The van der Waals surface area contributed by atoms with E-state index in [0.717, 1.165) is 30.4 Å². The van der Waals surface area contributed by atoms with Crippen LogP contribution >= 0.6 is 15.9 Å². The first-order valence-corrected chi connectivity index (χ1v) is 6.09. The molecule has 0 unspecified atom stereocenters. The van der Waals surface area contributed by atoms with Crippen molar-refractivity contribution < 1.29 is 4.39 Å². The molecular formula is C12H15BrFN. The molecule has 1 aromatic rings. The summed E-state index contributed by atoms with van der Waals surface area (Å²) < 4.78 is 14.3. The summed E-state index contributed by atoms with van der Waals surface area (Å²) in [5.74, 6) is -0.149. The third-order valence-electron chi connectivity index (χ3n) is 3.01. The van der Waals surface area contributed by atoms with Gasteiger partial charge in [-0.25, -0.2) is 4.39 Å². The molecule has 0 bridgehead atoms. The molecule has 0 saturated heterocycles. The molecule has 0 atom stereocenters. The highest BCUT2D eigenvalue weighted by Crippen LogP contribution is 2.37. The van der Waals surface area contributed by atoms with Gasteiger partial charge >= 0.3 is 0 Å². The molecule has 1 nitrogen and oxygen atoms in total. The highest BCUT2D eigenvalue weighted by molar-refractivity contribution is 9.10. The van der Waals surface area contributed by atoms with Crippen LogP contribution in [0.2, 0.25) is 0 Å². The van der Waals surface area contributed by atoms with Gasteiger partial charge in [-0.15, -0.1) is 0 Å². The van der Waals surface area contributed by atoms with E-state index in [0.29, 0.717) is 10.9 Å². The molecule has 2 rings (SSSR count). The quantitative estimate of drug-likeness (QED) is 0.898. The maximum absolute atomic E-state index is 13.8. The summed E-state index contributed by atoms with van der Waals surface area (Å²) in [4.78, 5) is 0. The van der Waals surface area contributed by atoms with Crippen molar-refractivity contribution >= 4 is 15.9 Å². The summed E-state index contributed by atoms with van der Waals surface area (Å²) >= 11 is 3.25. The SMILES string of the molecule is CCc1cc(Br)c(F)c(CC2(N)CC2)c1. The predicted molar refractivity (Wildman–Crippen MR) is 63.3 cm³/mol. The zero-order chi connectivity index (χ0) is 11.1. The van der Waals surface area contributed by atoms with Gasteiger partial charge in [-0.05, 0) is 58.8 Å². The number of hydrogen-bond acceptors (Lipinski definition) is 1. The predicted octanol–water partition coefficient (Wildman–Crippen LogP) is 3.18. The fraction of sp³-hybridized carbons (Fsp3) is 0.500. The zero-order valence-corrected chi connectivity index (χ0v) is 10.4. The lowest BCUT2D eigenvalue weighted by Gasteiger charge is -2.12. The van der Waals surface area contributed by atoms with E-state index < -0.39 is 0 Å². The van der Waals surface area contributed by atoms with Gasteiger partial charge in [0.2, 0.25) is 0 Å². The molecule has 3 heteroatoms. The normalized spacial score (nSPS) is 17.9. The van der Waals surface area contributed by atoms with Crippen LogP contribution in [0.5, 0.6) is 0 Å². The Morgan fingerprint density at radius 2 is 2.13 bits per heavy atom. The van der Waals surface area contributed by atoms with Crippen LogP contribution in [0.15, 0.2) is 16.6 Å². The van der Waals surface area contributed by atoms with E-state index in [4.69, 9.17) is 5.73 Å². The van der Waals surface area contributed by atoms with Gasteiger partial charge in [0.15, 0.2) is 0 Å². The standard InChI is InChI=1S/C12H15BrFN/c1-2-8-5-9(7-12(15)3-4-12)11(14)10(13)6-8/h5-6H,2-4,7,15H2,1H3. The summed E-state index contributed by atoms with van der Waals surface area (Å²) in [6, 6.07) is 3.78. The average Bonchev–Trinajstić information content (AvgIpc) is 2.91. The average molecular weight is 272 g/mol. The lowest BCUT2D eigenvalue weighted by atomic mass is 10.0. The van der Waals surface area contributed by atoms with E-state index in [1.165, 1.54) is 0 Å². The van der Waals surface area contributed by atoms with Crippen molar-refractivity contribution in [1.82, 2.24) is 0 Å². The molecular weight excluding hydrogens is 257 g/mol. The van der Waals surface area contributed by atoms with Crippen molar-refractivity contribution in [3.63, 3.8) is 0 Å². The van der Waals surface area contributed by atoms with Crippen molar-refractivity contribution in [3.8, 4) is 0 Å². The molecule has 1 aromatic carbocycles. The van der Waals surface area contributed by atoms with Crippen molar-refractivity contribution in [1.29, 1.82) is 0 Å². The molecule has 82 valence electrons. The number of benzene rings is 1. The van der Waals surface area contributed by atoms with Crippen molar-refractivity contribution in [2.45, 2.75) is 38.1 Å². The van der Waals surface area contributed by atoms with Crippen LogP contribution in [0.1, 0.15) is 30.9 Å². The summed E-state index contributed by atoms with van der Waals surface area (Å²) in [7, 11) is 0. The molecule has 0 heterocycles. The van der Waals surface area contributed by atoms with Gasteiger partial charge < -0.3 is 5.73 Å². The summed E-state index contributed by atoms with van der Waals surface area (Å²) in [5, 5.41) is 0. The summed E-state index contributed by atoms with van der Waals surface area (Å²) in [6.45, 7) is 2.07. The summed E-state index contributed by atoms with van der Waals surface area (Å²) in [6.07, 6.45) is 3.61. The van der Waals surface area contributed by atoms with Gasteiger partial charge in [-0.2, -0.15) is 0 Å². The van der Waals surface area contributed by atoms with Gasteiger partial charge in [0.25, 0.3) is 0 Å². The first-order chi connectivity index (χ1) is 7.04. The molecule has 1 aliphatic carbocycles. The second-order valence-corrected chi connectivity index (χ2v) is 5.30. The van der Waals surface area contributed by atoms with E-state index in [1.807, 2.05) is 12.1 Å². The van der Waals surface area contributed by atoms with Crippen LogP contribution in [-0.4, -0.2) is 5.54 Å². The van der Waals surface area contributed by atoms with E-state index >= 15 is 0 Å². The molecule has 0 spiro atoms. The third kappa shape index (κ3) is 2.40. The Labute approximate surface area is 98.0 Å². The fourth-order valence-corrected chi connectivity index (χ4v) is 2.31. The van der Waals surface area contributed by atoms with Crippen LogP contribution in [0.4, 0.5) is 4.39 Å². The molecule has 0 aliphatic heterocycles. The van der Waals surface area contributed by atoms with Crippen LogP contribution < -0.4 is 5.73 Å². The number of aryl methyl sites for hydroxylation is 1. The first-order valence-electron chi connectivity index (χ1n) is 5.30. The molecule has 0 radical (unpaired) electrons. The Morgan fingerprint density at radius 3 is 2.67 bits per heavy atom. The molecule has 2 N–H and O–H groups in total. The number of hydrogen-bond donors (Lipinski definition) is 1. The molecule has 15 heavy (non-hydrogen) atoms. The van der Waals surface area contributed by atoms with E-state index in [1.54, 1.807) is 0 Å². The Hall–Kier alpha value is -0.410. The maximum Gasteiger partial charge on any atom is 0.140 e. The molecule has 1 aliphatic rings. The second-order valence-electron chi connectivity index (χ2n) is 4.44. The van der Waals surface area contributed by atoms with E-state index in [9.17, 15) is 4.39 Å². The van der Waals surface area contributed by atoms with Crippen LogP contribution in [0.25, 0.3) is 0 Å². The lowest BCUT2D eigenvalue weighted by Crippen LogP contribution is -2.25. The van der Waals surface area contributed by atoms with Gasteiger partial charge in [-0.3, -0.25) is 0 Å². The topological polar surface area (TPSA) is 26.0 Å². The molecule has 1 fully saturated rings. The van der Waals surface area contributed by atoms with Crippen LogP contribution in [0, 0.1) is 5.82 Å². The van der Waals surface area contributed by atoms with Crippen molar-refractivity contribution in [3.05, 3.63) is 33.5 Å².